The quantitative estimate of drug-likeness (QED) is 0.567. The van der Waals surface area contributed by atoms with E-state index in [1.807, 2.05) is 45.0 Å². The van der Waals surface area contributed by atoms with Crippen molar-refractivity contribution in [2.24, 2.45) is 9.81 Å². The van der Waals surface area contributed by atoms with E-state index in [2.05, 4.69) is 18.2 Å². The molecule has 1 amide bonds. The van der Waals surface area contributed by atoms with E-state index in [0.29, 0.717) is 39.1 Å². The summed E-state index contributed by atoms with van der Waals surface area (Å²) in [6, 6.07) is 14.1. The lowest BCUT2D eigenvalue weighted by Gasteiger charge is -2.38. The van der Waals surface area contributed by atoms with Gasteiger partial charge in [-0.15, -0.1) is 0 Å². The van der Waals surface area contributed by atoms with Crippen LogP contribution in [0.4, 0.5) is 4.79 Å². The third-order valence-corrected chi connectivity index (χ3v) is 8.24. The Bertz CT molecular complexity index is 1090. The molecule has 1 saturated heterocycles. The van der Waals surface area contributed by atoms with Crippen LogP contribution in [-0.2, 0) is 35.7 Å². The van der Waals surface area contributed by atoms with E-state index in [1.165, 1.54) is 10.5 Å². The van der Waals surface area contributed by atoms with Crippen LogP contribution in [0.5, 0.6) is 5.75 Å². The van der Waals surface area contributed by atoms with Gasteiger partial charge in [-0.1, -0.05) is 28.7 Å². The molecule has 1 aliphatic heterocycles. The molecule has 1 fully saturated rings. The lowest BCUT2D eigenvalue weighted by molar-refractivity contribution is 0.107. The van der Waals surface area contributed by atoms with Gasteiger partial charge in [-0.25, -0.2) is 4.79 Å². The summed E-state index contributed by atoms with van der Waals surface area (Å²) in [4.78, 5) is 12.9. The standard InChI is InChI=1S/C27H34N2O5S/c1-26(2,3)35(32)28-24-23-15-20(18-34-17-19-6-9-22(33-4)10-7-19)5-8-21(23)16-27(24)11-13-29(14-12-27)25(30)31/h5-10,15H,11-14,16-18H2,1-4H3,(H,30,31)/t35-/m1/s1. The van der Waals surface area contributed by atoms with E-state index < -0.39 is 22.2 Å². The fourth-order valence-corrected chi connectivity index (χ4v) is 5.47. The van der Waals surface area contributed by atoms with Gasteiger partial charge in [0.1, 0.15) is 27.6 Å². The lowest BCUT2D eigenvalue weighted by atomic mass is 9.74. The highest BCUT2D eigenvalue weighted by molar-refractivity contribution is 7.91. The van der Waals surface area contributed by atoms with Crippen molar-refractivity contribution in [2.75, 3.05) is 20.2 Å². The van der Waals surface area contributed by atoms with Gasteiger partial charge in [-0.3, -0.25) is 0 Å². The molecule has 2 aromatic carbocycles. The fourth-order valence-electron chi connectivity index (χ4n) is 4.74. The van der Waals surface area contributed by atoms with Crippen LogP contribution in [0.15, 0.2) is 46.9 Å². The summed E-state index contributed by atoms with van der Waals surface area (Å²) in [7, 11) is 1.65. The lowest BCUT2D eigenvalue weighted by Crippen LogP contribution is -2.45. The maximum absolute atomic E-state index is 13.1. The average molecular weight is 499 g/mol. The number of carboxylic acid groups (broad SMARTS) is 1. The summed E-state index contributed by atoms with van der Waals surface area (Å²) in [5.74, 6) is 0.815. The van der Waals surface area contributed by atoms with Crippen LogP contribution >= 0.6 is 0 Å². The first-order valence-electron chi connectivity index (χ1n) is 11.9. The topological polar surface area (TPSA) is 94.4 Å². The minimum Gasteiger partial charge on any atom is -0.591 e. The molecule has 1 spiro atoms. The van der Waals surface area contributed by atoms with Gasteiger partial charge in [0.05, 0.1) is 20.3 Å². The van der Waals surface area contributed by atoms with Crippen molar-refractivity contribution in [1.82, 2.24) is 4.90 Å². The molecule has 0 saturated carbocycles. The van der Waals surface area contributed by atoms with Crippen molar-refractivity contribution in [2.45, 2.75) is 58.0 Å². The first-order chi connectivity index (χ1) is 16.6. The molecule has 0 radical (unpaired) electrons. The Hall–Kier alpha value is -2.55. The predicted octanol–water partition coefficient (Wildman–Crippen LogP) is 4.98. The molecule has 1 N–H and O–H groups in total. The molecule has 7 nitrogen and oxygen atoms in total. The Labute approximate surface area is 210 Å². The van der Waals surface area contributed by atoms with Crippen molar-refractivity contribution < 1.29 is 23.9 Å². The molecule has 0 bridgehead atoms. The molecule has 2 aliphatic rings. The monoisotopic (exact) mass is 498 g/mol. The summed E-state index contributed by atoms with van der Waals surface area (Å²) < 4.78 is 28.6. The Morgan fingerprint density at radius 2 is 1.74 bits per heavy atom. The molecule has 0 unspecified atom stereocenters. The van der Waals surface area contributed by atoms with Crippen molar-refractivity contribution >= 4 is 23.2 Å². The van der Waals surface area contributed by atoms with Crippen molar-refractivity contribution in [3.8, 4) is 5.75 Å². The van der Waals surface area contributed by atoms with Gasteiger partial charge in [0.15, 0.2) is 0 Å². The number of piperidine rings is 1. The number of hydrogen-bond acceptors (Lipinski definition) is 5. The Kier molecular flexibility index (Phi) is 7.45. The van der Waals surface area contributed by atoms with E-state index in [1.54, 1.807) is 7.11 Å². The largest absolute Gasteiger partial charge is 0.591 e. The van der Waals surface area contributed by atoms with Crippen LogP contribution in [0, 0.1) is 5.41 Å². The molecule has 0 aromatic heterocycles. The van der Waals surface area contributed by atoms with Crippen LogP contribution in [0.2, 0.25) is 0 Å². The third kappa shape index (κ3) is 5.66. The van der Waals surface area contributed by atoms with E-state index in [4.69, 9.17) is 13.9 Å². The van der Waals surface area contributed by atoms with Crippen LogP contribution in [0.1, 0.15) is 55.9 Å². The van der Waals surface area contributed by atoms with Crippen LogP contribution < -0.4 is 4.74 Å². The Balaban J connectivity index is 1.55. The number of likely N-dealkylation sites (tertiary alicyclic amines) is 1. The number of fused-ring (bicyclic) bond motifs is 1. The van der Waals surface area contributed by atoms with E-state index in [9.17, 15) is 14.5 Å². The summed E-state index contributed by atoms with van der Waals surface area (Å²) in [5, 5.41) is 9.42. The minimum absolute atomic E-state index is 0.280. The smallest absolute Gasteiger partial charge is 0.407 e. The second-order valence-electron chi connectivity index (χ2n) is 10.4. The summed E-state index contributed by atoms with van der Waals surface area (Å²) >= 11 is -1.40. The van der Waals surface area contributed by atoms with E-state index >= 15 is 0 Å². The molecule has 4 rings (SSSR count). The summed E-state index contributed by atoms with van der Waals surface area (Å²) in [6.07, 6.45) is 1.26. The molecule has 2 aromatic rings. The number of rotatable bonds is 6. The average Bonchev–Trinajstić information content (AvgIpc) is 3.11. The second kappa shape index (κ2) is 10.2. The van der Waals surface area contributed by atoms with E-state index in [-0.39, 0.29) is 5.41 Å². The van der Waals surface area contributed by atoms with Crippen molar-refractivity contribution in [3.63, 3.8) is 0 Å². The molecule has 35 heavy (non-hydrogen) atoms. The third-order valence-electron chi connectivity index (χ3n) is 6.85. The number of hydrogen-bond donors (Lipinski definition) is 1. The number of methoxy groups -OCH3 is 1. The highest BCUT2D eigenvalue weighted by atomic mass is 32.2. The molecule has 1 aliphatic carbocycles. The molecular weight excluding hydrogens is 464 g/mol. The predicted molar refractivity (Wildman–Crippen MR) is 137 cm³/mol. The number of carbonyl (C=O) groups is 1. The van der Waals surface area contributed by atoms with Crippen LogP contribution in [-0.4, -0.2) is 51.3 Å². The highest BCUT2D eigenvalue weighted by Gasteiger charge is 2.48. The zero-order valence-corrected chi connectivity index (χ0v) is 21.7. The maximum atomic E-state index is 13.1. The number of amides is 1. The zero-order chi connectivity index (χ0) is 25.2. The maximum Gasteiger partial charge on any atom is 0.407 e. The Morgan fingerprint density at radius 3 is 2.34 bits per heavy atom. The van der Waals surface area contributed by atoms with Gasteiger partial charge in [0, 0.05) is 24.1 Å². The molecule has 1 heterocycles. The van der Waals surface area contributed by atoms with Crippen LogP contribution in [0.25, 0.3) is 0 Å². The SMILES string of the molecule is COc1ccc(COCc2ccc3c(c2)C(=N[S@+]([O-])C(C)(C)C)C2(CCN(C(=O)O)CC2)C3)cc1. The van der Waals surface area contributed by atoms with Gasteiger partial charge in [-0.05, 0) is 74.9 Å². The molecule has 1 atom stereocenters. The fraction of sp³-hybridized carbons (Fsp3) is 0.481. The Morgan fingerprint density at radius 1 is 1.11 bits per heavy atom. The van der Waals surface area contributed by atoms with Gasteiger partial charge in [0.2, 0.25) is 0 Å². The molecular formula is C27H34N2O5S. The normalized spacial score (nSPS) is 19.1. The van der Waals surface area contributed by atoms with Gasteiger partial charge in [0.25, 0.3) is 0 Å². The summed E-state index contributed by atoms with van der Waals surface area (Å²) in [5.41, 5.74) is 4.89. The van der Waals surface area contributed by atoms with E-state index in [0.717, 1.165) is 34.6 Å². The summed E-state index contributed by atoms with van der Waals surface area (Å²) in [6.45, 7) is 7.63. The number of benzene rings is 2. The molecule has 8 heteroatoms. The van der Waals surface area contributed by atoms with Crippen molar-refractivity contribution in [1.29, 1.82) is 0 Å². The minimum atomic E-state index is -1.40. The van der Waals surface area contributed by atoms with Gasteiger partial charge in [-0.2, -0.15) is 0 Å². The van der Waals surface area contributed by atoms with Gasteiger partial charge >= 0.3 is 6.09 Å². The highest BCUT2D eigenvalue weighted by Crippen LogP contribution is 2.46. The second-order valence-corrected chi connectivity index (χ2v) is 12.3. The van der Waals surface area contributed by atoms with Gasteiger partial charge < -0.3 is 24.0 Å². The first-order valence-corrected chi connectivity index (χ1v) is 13.0. The first kappa shape index (κ1) is 25.5. The zero-order valence-electron chi connectivity index (χ0n) is 20.9. The number of ether oxygens (including phenoxy) is 2. The van der Waals surface area contributed by atoms with Crippen LogP contribution in [0.3, 0.4) is 0 Å². The van der Waals surface area contributed by atoms with Crippen molar-refractivity contribution in [3.05, 3.63) is 64.7 Å². The molecule has 188 valence electrons. The number of nitrogens with zero attached hydrogens (tertiary/aromatic N) is 2.